The maximum absolute atomic E-state index is 13.6. The first-order valence-electron chi connectivity index (χ1n) is 5.45. The maximum Gasteiger partial charge on any atom is 0.169 e. The number of hydrogen-bond donors (Lipinski definition) is 1. The second-order valence-corrected chi connectivity index (χ2v) is 4.64. The predicted octanol–water partition coefficient (Wildman–Crippen LogP) is 4.36. The average molecular weight is 314 g/mol. The lowest BCUT2D eigenvalue weighted by atomic mass is 10.2. The predicted molar refractivity (Wildman–Crippen MR) is 71.4 cm³/mol. The minimum absolute atomic E-state index is 0.141. The quantitative estimate of drug-likeness (QED) is 0.910. The van der Waals surface area contributed by atoms with E-state index in [0.717, 1.165) is 5.76 Å². The Morgan fingerprint density at radius 1 is 1.33 bits per heavy atom. The Balaban J connectivity index is 2.18. The van der Waals surface area contributed by atoms with Crippen molar-refractivity contribution in [2.45, 2.75) is 13.0 Å². The van der Waals surface area contributed by atoms with Gasteiger partial charge in [0.15, 0.2) is 4.67 Å². The number of anilines is 1. The first-order chi connectivity index (χ1) is 8.60. The zero-order valence-corrected chi connectivity index (χ0v) is 11.6. The Hall–Kier alpha value is -1.49. The highest BCUT2D eigenvalue weighted by atomic mass is 79.9. The average Bonchev–Trinajstić information content (AvgIpc) is 2.79. The first-order valence-corrected chi connectivity index (χ1v) is 6.25. The molecule has 2 rings (SSSR count). The van der Waals surface area contributed by atoms with Crippen LogP contribution < -0.4 is 10.1 Å². The van der Waals surface area contributed by atoms with E-state index in [1.807, 2.05) is 13.0 Å². The van der Waals surface area contributed by atoms with E-state index in [9.17, 15) is 4.39 Å². The van der Waals surface area contributed by atoms with Gasteiger partial charge in [0.2, 0.25) is 0 Å². The number of nitrogens with one attached hydrogen (secondary N) is 1. The summed E-state index contributed by atoms with van der Waals surface area (Å²) in [5, 5.41) is 3.04. The van der Waals surface area contributed by atoms with Gasteiger partial charge in [0, 0.05) is 6.07 Å². The molecule has 0 spiro atoms. The van der Waals surface area contributed by atoms with Crippen LogP contribution in [0.15, 0.2) is 39.4 Å². The fourth-order valence-corrected chi connectivity index (χ4v) is 1.93. The van der Waals surface area contributed by atoms with E-state index in [1.165, 1.54) is 6.07 Å². The van der Waals surface area contributed by atoms with Gasteiger partial charge in [-0.2, -0.15) is 0 Å². The van der Waals surface area contributed by atoms with E-state index < -0.39 is 0 Å². The number of rotatable bonds is 4. The SMILES string of the molecule is COc1ccc(F)c(NC(C)c2ccc(Br)o2)c1. The normalized spacial score (nSPS) is 12.2. The number of benzene rings is 1. The molecule has 0 saturated heterocycles. The molecule has 96 valence electrons. The molecule has 0 saturated carbocycles. The Morgan fingerprint density at radius 2 is 2.11 bits per heavy atom. The number of halogens is 2. The topological polar surface area (TPSA) is 34.4 Å². The summed E-state index contributed by atoms with van der Waals surface area (Å²) in [4.78, 5) is 0. The molecule has 0 fully saturated rings. The lowest BCUT2D eigenvalue weighted by Crippen LogP contribution is -2.07. The second kappa shape index (κ2) is 5.44. The second-order valence-electron chi connectivity index (χ2n) is 3.85. The van der Waals surface area contributed by atoms with Crippen LogP contribution in [0.2, 0.25) is 0 Å². The number of furan rings is 1. The summed E-state index contributed by atoms with van der Waals surface area (Å²) in [6.45, 7) is 1.89. The molecular formula is C13H13BrFNO2. The van der Waals surface area contributed by atoms with E-state index in [0.29, 0.717) is 16.1 Å². The lowest BCUT2D eigenvalue weighted by Gasteiger charge is -2.14. The van der Waals surface area contributed by atoms with Crippen LogP contribution in [0.1, 0.15) is 18.7 Å². The van der Waals surface area contributed by atoms with Gasteiger partial charge in [-0.1, -0.05) is 0 Å². The molecule has 0 radical (unpaired) electrons. The third-order valence-corrected chi connectivity index (χ3v) is 2.99. The third-order valence-electron chi connectivity index (χ3n) is 2.57. The van der Waals surface area contributed by atoms with Crippen LogP contribution in [0, 0.1) is 5.82 Å². The zero-order valence-electron chi connectivity index (χ0n) is 10.0. The largest absolute Gasteiger partial charge is 0.497 e. The van der Waals surface area contributed by atoms with Crippen LogP contribution in [0.3, 0.4) is 0 Å². The number of ether oxygens (including phenoxy) is 1. The monoisotopic (exact) mass is 313 g/mol. The van der Waals surface area contributed by atoms with Crippen molar-refractivity contribution in [3.8, 4) is 5.75 Å². The van der Waals surface area contributed by atoms with Gasteiger partial charge in [-0.25, -0.2) is 4.39 Å². The number of hydrogen-bond acceptors (Lipinski definition) is 3. The first kappa shape index (κ1) is 13.0. The molecule has 0 aliphatic heterocycles. The Bertz CT molecular complexity index is 542. The van der Waals surface area contributed by atoms with Crippen molar-refractivity contribution < 1.29 is 13.5 Å². The van der Waals surface area contributed by atoms with Crippen LogP contribution in [0.5, 0.6) is 5.75 Å². The van der Waals surface area contributed by atoms with Gasteiger partial charge in [-0.3, -0.25) is 0 Å². The maximum atomic E-state index is 13.6. The molecule has 0 aliphatic rings. The fraction of sp³-hybridized carbons (Fsp3) is 0.231. The third kappa shape index (κ3) is 2.85. The molecule has 1 heterocycles. The molecule has 1 aromatic heterocycles. The van der Waals surface area contributed by atoms with Crippen molar-refractivity contribution in [1.82, 2.24) is 0 Å². The molecule has 3 nitrogen and oxygen atoms in total. The highest BCUT2D eigenvalue weighted by Gasteiger charge is 2.12. The van der Waals surface area contributed by atoms with Crippen LogP contribution in [-0.2, 0) is 0 Å². The van der Waals surface area contributed by atoms with Crippen LogP contribution in [0.4, 0.5) is 10.1 Å². The fourth-order valence-electron chi connectivity index (χ4n) is 1.61. The Kier molecular flexibility index (Phi) is 3.91. The molecule has 0 amide bonds. The van der Waals surface area contributed by atoms with E-state index in [1.54, 1.807) is 25.3 Å². The van der Waals surface area contributed by atoms with Gasteiger partial charge in [0.1, 0.15) is 17.3 Å². The van der Waals surface area contributed by atoms with E-state index in [-0.39, 0.29) is 11.9 Å². The molecule has 5 heteroatoms. The Labute approximate surface area is 113 Å². The molecule has 18 heavy (non-hydrogen) atoms. The summed E-state index contributed by atoms with van der Waals surface area (Å²) < 4.78 is 24.8. The molecule has 0 bridgehead atoms. The van der Waals surface area contributed by atoms with Crippen molar-refractivity contribution in [3.05, 3.63) is 46.6 Å². The summed E-state index contributed by atoms with van der Waals surface area (Å²) in [7, 11) is 1.55. The molecule has 0 aliphatic carbocycles. The van der Waals surface area contributed by atoms with Gasteiger partial charge >= 0.3 is 0 Å². The number of methoxy groups -OCH3 is 1. The van der Waals surface area contributed by atoms with E-state index in [4.69, 9.17) is 9.15 Å². The van der Waals surface area contributed by atoms with Gasteiger partial charge < -0.3 is 14.5 Å². The van der Waals surface area contributed by atoms with Gasteiger partial charge in [0.05, 0.1) is 18.8 Å². The standard InChI is InChI=1S/C13H13BrFNO2/c1-8(12-5-6-13(14)18-12)16-11-7-9(17-2)3-4-10(11)15/h3-8,16H,1-2H3. The van der Waals surface area contributed by atoms with Crippen LogP contribution >= 0.6 is 15.9 Å². The van der Waals surface area contributed by atoms with Crippen molar-refractivity contribution in [2.24, 2.45) is 0 Å². The smallest absolute Gasteiger partial charge is 0.169 e. The van der Waals surface area contributed by atoms with Gasteiger partial charge in [0.25, 0.3) is 0 Å². The van der Waals surface area contributed by atoms with Crippen molar-refractivity contribution in [2.75, 3.05) is 12.4 Å². The van der Waals surface area contributed by atoms with E-state index >= 15 is 0 Å². The lowest BCUT2D eigenvalue weighted by molar-refractivity contribution is 0.413. The summed E-state index contributed by atoms with van der Waals surface area (Å²) in [6.07, 6.45) is 0. The van der Waals surface area contributed by atoms with Crippen molar-refractivity contribution in [1.29, 1.82) is 0 Å². The van der Waals surface area contributed by atoms with Crippen molar-refractivity contribution in [3.63, 3.8) is 0 Å². The summed E-state index contributed by atoms with van der Waals surface area (Å²) in [5.74, 6) is 1.00. The Morgan fingerprint density at radius 3 is 2.72 bits per heavy atom. The molecular weight excluding hydrogens is 301 g/mol. The molecule has 2 aromatic rings. The van der Waals surface area contributed by atoms with Crippen molar-refractivity contribution >= 4 is 21.6 Å². The van der Waals surface area contributed by atoms with Crippen LogP contribution in [-0.4, -0.2) is 7.11 Å². The molecule has 1 unspecified atom stereocenters. The summed E-state index contributed by atoms with van der Waals surface area (Å²) >= 11 is 3.23. The highest BCUT2D eigenvalue weighted by molar-refractivity contribution is 9.10. The zero-order chi connectivity index (χ0) is 13.1. The van der Waals surface area contributed by atoms with Gasteiger partial charge in [-0.05, 0) is 47.1 Å². The summed E-state index contributed by atoms with van der Waals surface area (Å²) in [6, 6.07) is 8.05. The van der Waals surface area contributed by atoms with Gasteiger partial charge in [-0.15, -0.1) is 0 Å². The molecule has 1 aromatic carbocycles. The van der Waals surface area contributed by atoms with E-state index in [2.05, 4.69) is 21.2 Å². The molecule has 1 atom stereocenters. The minimum atomic E-state index is -0.326. The molecule has 1 N–H and O–H groups in total. The van der Waals surface area contributed by atoms with Crippen LogP contribution in [0.25, 0.3) is 0 Å². The summed E-state index contributed by atoms with van der Waals surface area (Å²) in [5.41, 5.74) is 0.384. The highest BCUT2D eigenvalue weighted by Crippen LogP contribution is 2.27. The minimum Gasteiger partial charge on any atom is -0.497 e.